The van der Waals surface area contributed by atoms with Crippen molar-refractivity contribution < 1.29 is 18.8 Å². The van der Waals surface area contributed by atoms with Crippen LogP contribution in [0.5, 0.6) is 5.75 Å². The number of aryl methyl sites for hydroxylation is 1. The van der Waals surface area contributed by atoms with Gasteiger partial charge in [0, 0.05) is 5.56 Å². The van der Waals surface area contributed by atoms with Crippen molar-refractivity contribution in [1.82, 2.24) is 5.16 Å². The number of carbonyl (C=O) groups excluding carboxylic acids is 1. The summed E-state index contributed by atoms with van der Waals surface area (Å²) in [5, 5.41) is 4.15. The normalized spacial score (nSPS) is 10.5. The molecule has 3 aromatic rings. The zero-order chi connectivity index (χ0) is 18.4. The van der Waals surface area contributed by atoms with E-state index in [1.54, 1.807) is 24.3 Å². The van der Waals surface area contributed by atoms with Gasteiger partial charge in [-0.3, -0.25) is 0 Å². The van der Waals surface area contributed by atoms with E-state index < -0.39 is 0 Å². The van der Waals surface area contributed by atoms with E-state index in [-0.39, 0.29) is 5.97 Å². The van der Waals surface area contributed by atoms with Crippen LogP contribution in [0.2, 0.25) is 0 Å². The van der Waals surface area contributed by atoms with E-state index in [2.05, 4.69) is 5.16 Å². The van der Waals surface area contributed by atoms with Gasteiger partial charge in [0.15, 0.2) is 0 Å². The topological polar surface area (TPSA) is 61.6 Å². The number of nitrogens with zero attached hydrogens (tertiary/aromatic N) is 1. The summed E-state index contributed by atoms with van der Waals surface area (Å²) in [5.74, 6) is 1.07. The number of rotatable bonds is 7. The van der Waals surface area contributed by atoms with Crippen molar-refractivity contribution in [2.75, 3.05) is 6.61 Å². The van der Waals surface area contributed by atoms with E-state index in [0.717, 1.165) is 29.0 Å². The third-order valence-electron chi connectivity index (χ3n) is 3.94. The fourth-order valence-electron chi connectivity index (χ4n) is 2.50. The fraction of sp³-hybridized carbons (Fsp3) is 0.238. The van der Waals surface area contributed by atoms with E-state index in [1.165, 1.54) is 0 Å². The Morgan fingerprint density at radius 2 is 1.81 bits per heavy atom. The lowest BCUT2D eigenvalue weighted by atomic mass is 10.1. The molecule has 3 rings (SSSR count). The Hall–Kier alpha value is -3.08. The number of benzene rings is 2. The van der Waals surface area contributed by atoms with Crippen LogP contribution >= 0.6 is 0 Å². The van der Waals surface area contributed by atoms with Crippen LogP contribution in [-0.2, 0) is 11.3 Å². The molecular formula is C21H21NO4. The molecule has 26 heavy (non-hydrogen) atoms. The van der Waals surface area contributed by atoms with E-state index in [0.29, 0.717) is 24.5 Å². The van der Waals surface area contributed by atoms with Gasteiger partial charge < -0.3 is 14.0 Å². The maximum absolute atomic E-state index is 11.8. The van der Waals surface area contributed by atoms with Crippen molar-refractivity contribution >= 4 is 5.97 Å². The monoisotopic (exact) mass is 351 g/mol. The van der Waals surface area contributed by atoms with Crippen LogP contribution in [0.3, 0.4) is 0 Å². The number of carbonyl (C=O) groups is 1. The summed E-state index contributed by atoms with van der Waals surface area (Å²) >= 11 is 0. The standard InChI is InChI=1S/C21H21NO4/c1-3-13-24-21(23)17-9-11-18(12-10-17)25-14-19-15(2)26-22-20(19)16-7-5-4-6-8-16/h4-12H,3,13-14H2,1-2H3. The number of hydrogen-bond acceptors (Lipinski definition) is 5. The highest BCUT2D eigenvalue weighted by atomic mass is 16.5. The zero-order valence-electron chi connectivity index (χ0n) is 14.9. The maximum Gasteiger partial charge on any atom is 0.338 e. The van der Waals surface area contributed by atoms with Gasteiger partial charge >= 0.3 is 5.97 Å². The first-order valence-corrected chi connectivity index (χ1v) is 8.59. The van der Waals surface area contributed by atoms with Crippen LogP contribution in [-0.4, -0.2) is 17.7 Å². The molecule has 0 fully saturated rings. The van der Waals surface area contributed by atoms with Crippen molar-refractivity contribution in [3.8, 4) is 17.0 Å². The molecule has 0 saturated carbocycles. The molecule has 0 aliphatic rings. The lowest BCUT2D eigenvalue weighted by Crippen LogP contribution is -2.05. The molecule has 5 nitrogen and oxygen atoms in total. The molecule has 0 atom stereocenters. The molecular weight excluding hydrogens is 330 g/mol. The second kappa shape index (κ2) is 8.34. The minimum Gasteiger partial charge on any atom is -0.489 e. The smallest absolute Gasteiger partial charge is 0.338 e. The highest BCUT2D eigenvalue weighted by Gasteiger charge is 2.15. The van der Waals surface area contributed by atoms with E-state index in [4.69, 9.17) is 14.0 Å². The van der Waals surface area contributed by atoms with Gasteiger partial charge in [0.1, 0.15) is 23.8 Å². The Kier molecular flexibility index (Phi) is 5.69. The Balaban J connectivity index is 1.68. The van der Waals surface area contributed by atoms with Crippen molar-refractivity contribution in [3.05, 3.63) is 71.5 Å². The number of aromatic nitrogens is 1. The first-order chi connectivity index (χ1) is 12.7. The van der Waals surface area contributed by atoms with Gasteiger partial charge in [-0.25, -0.2) is 4.79 Å². The van der Waals surface area contributed by atoms with E-state index in [9.17, 15) is 4.79 Å². The lowest BCUT2D eigenvalue weighted by Gasteiger charge is -2.08. The number of ether oxygens (including phenoxy) is 2. The first-order valence-electron chi connectivity index (χ1n) is 8.59. The van der Waals surface area contributed by atoms with Crippen LogP contribution in [0.1, 0.15) is 35.0 Å². The molecule has 0 bridgehead atoms. The van der Waals surface area contributed by atoms with Gasteiger partial charge in [-0.05, 0) is 37.6 Å². The van der Waals surface area contributed by atoms with Crippen LogP contribution in [0, 0.1) is 6.92 Å². The molecule has 0 radical (unpaired) electrons. The third-order valence-corrected chi connectivity index (χ3v) is 3.94. The maximum atomic E-state index is 11.8. The Morgan fingerprint density at radius 1 is 1.08 bits per heavy atom. The largest absolute Gasteiger partial charge is 0.489 e. The Morgan fingerprint density at radius 3 is 2.50 bits per heavy atom. The highest BCUT2D eigenvalue weighted by molar-refractivity contribution is 5.89. The molecule has 0 saturated heterocycles. The van der Waals surface area contributed by atoms with Gasteiger partial charge in [0.25, 0.3) is 0 Å². The molecule has 0 N–H and O–H groups in total. The average molecular weight is 351 g/mol. The summed E-state index contributed by atoms with van der Waals surface area (Å²) in [6.45, 7) is 4.58. The molecule has 5 heteroatoms. The minimum absolute atomic E-state index is 0.320. The Bertz CT molecular complexity index is 853. The van der Waals surface area contributed by atoms with Crippen molar-refractivity contribution in [1.29, 1.82) is 0 Å². The summed E-state index contributed by atoms with van der Waals surface area (Å²) in [6, 6.07) is 16.8. The summed E-state index contributed by atoms with van der Waals surface area (Å²) in [7, 11) is 0. The van der Waals surface area contributed by atoms with Crippen molar-refractivity contribution in [2.24, 2.45) is 0 Å². The number of esters is 1. The summed E-state index contributed by atoms with van der Waals surface area (Å²) in [6.07, 6.45) is 0.800. The van der Waals surface area contributed by atoms with Crippen LogP contribution in [0.25, 0.3) is 11.3 Å². The van der Waals surface area contributed by atoms with Gasteiger partial charge in [-0.2, -0.15) is 0 Å². The van der Waals surface area contributed by atoms with Crippen molar-refractivity contribution in [3.63, 3.8) is 0 Å². The molecule has 1 aromatic heterocycles. The first kappa shape index (κ1) is 17.7. The molecule has 0 amide bonds. The van der Waals surface area contributed by atoms with Gasteiger partial charge in [0.05, 0.1) is 17.7 Å². The van der Waals surface area contributed by atoms with Gasteiger partial charge in [-0.15, -0.1) is 0 Å². The second-order valence-corrected chi connectivity index (χ2v) is 5.88. The fourth-order valence-corrected chi connectivity index (χ4v) is 2.50. The summed E-state index contributed by atoms with van der Waals surface area (Å²) in [4.78, 5) is 11.8. The molecule has 2 aromatic carbocycles. The van der Waals surface area contributed by atoms with Crippen LogP contribution in [0.15, 0.2) is 59.1 Å². The SMILES string of the molecule is CCCOC(=O)c1ccc(OCc2c(-c3ccccc3)noc2C)cc1. The van der Waals surface area contributed by atoms with E-state index in [1.807, 2.05) is 44.2 Å². The second-order valence-electron chi connectivity index (χ2n) is 5.88. The van der Waals surface area contributed by atoms with Crippen LogP contribution < -0.4 is 4.74 Å². The molecule has 1 heterocycles. The average Bonchev–Trinajstić information content (AvgIpc) is 3.06. The van der Waals surface area contributed by atoms with Crippen molar-refractivity contribution in [2.45, 2.75) is 26.9 Å². The third kappa shape index (κ3) is 4.11. The zero-order valence-corrected chi connectivity index (χ0v) is 14.9. The highest BCUT2D eigenvalue weighted by Crippen LogP contribution is 2.26. The summed E-state index contributed by atoms with van der Waals surface area (Å²) in [5.41, 5.74) is 3.18. The predicted molar refractivity (Wildman–Crippen MR) is 98.0 cm³/mol. The minimum atomic E-state index is -0.320. The molecule has 134 valence electrons. The molecule has 0 aliphatic heterocycles. The quantitative estimate of drug-likeness (QED) is 0.572. The molecule has 0 unspecified atom stereocenters. The molecule has 0 aliphatic carbocycles. The van der Waals surface area contributed by atoms with Gasteiger partial charge in [-0.1, -0.05) is 42.4 Å². The lowest BCUT2D eigenvalue weighted by molar-refractivity contribution is 0.0505. The van der Waals surface area contributed by atoms with Gasteiger partial charge in [0.2, 0.25) is 0 Å². The molecule has 0 spiro atoms. The summed E-state index contributed by atoms with van der Waals surface area (Å²) < 4.78 is 16.3. The van der Waals surface area contributed by atoms with E-state index >= 15 is 0 Å². The Labute approximate surface area is 152 Å². The number of hydrogen-bond donors (Lipinski definition) is 0. The van der Waals surface area contributed by atoms with Crippen LogP contribution in [0.4, 0.5) is 0 Å². The predicted octanol–water partition coefficient (Wildman–Crippen LogP) is 4.80.